The van der Waals surface area contributed by atoms with Crippen molar-refractivity contribution in [2.75, 3.05) is 6.54 Å². The van der Waals surface area contributed by atoms with Gasteiger partial charge in [-0.15, -0.1) is 0 Å². The van der Waals surface area contributed by atoms with Gasteiger partial charge in [0, 0.05) is 0 Å². The zero-order chi connectivity index (χ0) is 8.44. The molecular weight excluding hydrogens is 146 g/mol. The van der Waals surface area contributed by atoms with E-state index in [1.54, 1.807) is 0 Å². The van der Waals surface area contributed by atoms with Crippen LogP contribution in [0, 0.1) is 11.3 Å². The van der Waals surface area contributed by atoms with Gasteiger partial charge in [0.1, 0.15) is 0 Å². The Morgan fingerprint density at radius 2 is 1.58 bits per heavy atom. The molecule has 2 aliphatic rings. The normalized spacial score (nSPS) is 29.8. The molecule has 0 amide bonds. The van der Waals surface area contributed by atoms with Gasteiger partial charge in [-0.2, -0.15) is 0 Å². The highest BCUT2D eigenvalue weighted by Crippen LogP contribution is 2.52. The molecule has 1 nitrogen and oxygen atoms in total. The van der Waals surface area contributed by atoms with Gasteiger partial charge >= 0.3 is 0 Å². The van der Waals surface area contributed by atoms with E-state index in [9.17, 15) is 0 Å². The van der Waals surface area contributed by atoms with Crippen molar-refractivity contribution in [1.29, 1.82) is 0 Å². The summed E-state index contributed by atoms with van der Waals surface area (Å²) in [5.41, 5.74) is 6.54. The van der Waals surface area contributed by atoms with E-state index in [2.05, 4.69) is 0 Å². The first kappa shape index (κ1) is 8.55. The molecule has 2 saturated carbocycles. The second-order valence-corrected chi connectivity index (χ2v) is 4.75. The van der Waals surface area contributed by atoms with E-state index in [4.69, 9.17) is 5.73 Å². The molecule has 2 aliphatic carbocycles. The summed E-state index contributed by atoms with van der Waals surface area (Å²) in [7, 11) is 0. The Bertz CT molecular complexity index is 141. The van der Waals surface area contributed by atoms with E-state index >= 15 is 0 Å². The third kappa shape index (κ3) is 1.52. The fourth-order valence-electron chi connectivity index (χ4n) is 2.91. The molecule has 0 aliphatic heterocycles. The van der Waals surface area contributed by atoms with Crippen molar-refractivity contribution in [3.63, 3.8) is 0 Å². The molecule has 0 aromatic carbocycles. The third-order valence-corrected chi connectivity index (χ3v) is 3.95. The number of nitrogens with two attached hydrogens (primary N) is 1. The molecular formula is C11H21N. The van der Waals surface area contributed by atoms with Gasteiger partial charge in [0.15, 0.2) is 0 Å². The van der Waals surface area contributed by atoms with Gasteiger partial charge in [0.25, 0.3) is 0 Å². The van der Waals surface area contributed by atoms with E-state index in [0.29, 0.717) is 5.41 Å². The van der Waals surface area contributed by atoms with Gasteiger partial charge in [-0.1, -0.05) is 25.7 Å². The van der Waals surface area contributed by atoms with Crippen LogP contribution in [0.3, 0.4) is 0 Å². The van der Waals surface area contributed by atoms with E-state index in [-0.39, 0.29) is 0 Å². The van der Waals surface area contributed by atoms with Crippen LogP contribution in [0.1, 0.15) is 51.4 Å². The molecule has 1 heteroatoms. The summed E-state index contributed by atoms with van der Waals surface area (Å²) in [6.45, 7) is 0.956. The quantitative estimate of drug-likeness (QED) is 0.629. The van der Waals surface area contributed by atoms with Crippen molar-refractivity contribution >= 4 is 0 Å². The fraction of sp³-hybridized carbons (Fsp3) is 1.00. The highest BCUT2D eigenvalue weighted by atomic mass is 14.6. The van der Waals surface area contributed by atoms with Crippen molar-refractivity contribution in [2.24, 2.45) is 17.1 Å². The number of rotatable bonds is 2. The lowest BCUT2D eigenvalue weighted by atomic mass is 9.76. The van der Waals surface area contributed by atoms with Crippen LogP contribution in [0.15, 0.2) is 0 Å². The van der Waals surface area contributed by atoms with Gasteiger partial charge in [0.05, 0.1) is 0 Å². The topological polar surface area (TPSA) is 26.0 Å². The van der Waals surface area contributed by atoms with Crippen LogP contribution in [0.4, 0.5) is 0 Å². The monoisotopic (exact) mass is 167 g/mol. The summed E-state index contributed by atoms with van der Waals surface area (Å²) in [5, 5.41) is 0. The molecule has 0 saturated heterocycles. The van der Waals surface area contributed by atoms with E-state index in [1.165, 1.54) is 51.4 Å². The van der Waals surface area contributed by atoms with Crippen molar-refractivity contribution in [3.05, 3.63) is 0 Å². The SMILES string of the molecule is NCC1(C2CC2)CCCCCC1. The smallest absolute Gasteiger partial charge is 0.00179 e. The lowest BCUT2D eigenvalue weighted by Gasteiger charge is -2.31. The Morgan fingerprint density at radius 1 is 1.00 bits per heavy atom. The van der Waals surface area contributed by atoms with E-state index in [1.807, 2.05) is 0 Å². The molecule has 0 radical (unpaired) electrons. The molecule has 12 heavy (non-hydrogen) atoms. The zero-order valence-corrected chi connectivity index (χ0v) is 8.02. The van der Waals surface area contributed by atoms with Crippen LogP contribution in [0.25, 0.3) is 0 Å². The Balaban J connectivity index is 2.01. The largest absolute Gasteiger partial charge is 0.330 e. The van der Waals surface area contributed by atoms with Gasteiger partial charge in [-0.3, -0.25) is 0 Å². The predicted octanol–water partition coefficient (Wildman–Crippen LogP) is 2.70. The Morgan fingerprint density at radius 3 is 2.00 bits per heavy atom. The molecule has 0 spiro atoms. The van der Waals surface area contributed by atoms with Crippen molar-refractivity contribution in [2.45, 2.75) is 51.4 Å². The second kappa shape index (κ2) is 3.37. The summed E-state index contributed by atoms with van der Waals surface area (Å²) in [5.74, 6) is 1.01. The van der Waals surface area contributed by atoms with Crippen LogP contribution in [-0.4, -0.2) is 6.54 Å². The third-order valence-electron chi connectivity index (χ3n) is 3.95. The van der Waals surface area contributed by atoms with Crippen molar-refractivity contribution < 1.29 is 0 Å². The minimum atomic E-state index is 0.594. The predicted molar refractivity (Wildman–Crippen MR) is 51.9 cm³/mol. The Kier molecular flexibility index (Phi) is 2.40. The lowest BCUT2D eigenvalue weighted by molar-refractivity contribution is 0.211. The summed E-state index contributed by atoms with van der Waals surface area (Å²) >= 11 is 0. The maximum atomic E-state index is 5.95. The minimum Gasteiger partial charge on any atom is -0.330 e. The Labute approximate surface area is 75.7 Å². The number of hydrogen-bond acceptors (Lipinski definition) is 1. The highest BCUT2D eigenvalue weighted by molar-refractivity contribution is 4.95. The molecule has 2 rings (SSSR count). The maximum absolute atomic E-state index is 5.95. The summed E-state index contributed by atoms with van der Waals surface area (Å²) in [4.78, 5) is 0. The van der Waals surface area contributed by atoms with E-state index in [0.717, 1.165) is 12.5 Å². The standard InChI is InChI=1S/C11H21N/c12-9-11(10-5-6-10)7-3-1-2-4-8-11/h10H,1-9,12H2. The average Bonchev–Trinajstić information content (AvgIpc) is 2.92. The molecule has 0 bridgehead atoms. The van der Waals surface area contributed by atoms with Crippen molar-refractivity contribution in [3.8, 4) is 0 Å². The molecule has 0 atom stereocenters. The first-order valence-corrected chi connectivity index (χ1v) is 5.57. The molecule has 0 aromatic rings. The van der Waals surface area contributed by atoms with Crippen LogP contribution in [0.2, 0.25) is 0 Å². The first-order valence-electron chi connectivity index (χ1n) is 5.57. The lowest BCUT2D eigenvalue weighted by Crippen LogP contribution is -2.32. The Hall–Kier alpha value is -0.0400. The highest BCUT2D eigenvalue weighted by Gasteiger charge is 2.43. The van der Waals surface area contributed by atoms with E-state index < -0.39 is 0 Å². The zero-order valence-electron chi connectivity index (χ0n) is 8.02. The summed E-state index contributed by atoms with van der Waals surface area (Å²) < 4.78 is 0. The van der Waals surface area contributed by atoms with Crippen LogP contribution in [-0.2, 0) is 0 Å². The molecule has 2 N–H and O–H groups in total. The van der Waals surface area contributed by atoms with Gasteiger partial charge in [0.2, 0.25) is 0 Å². The number of hydrogen-bond donors (Lipinski definition) is 1. The fourth-order valence-corrected chi connectivity index (χ4v) is 2.91. The van der Waals surface area contributed by atoms with Gasteiger partial charge in [-0.05, 0) is 43.6 Å². The van der Waals surface area contributed by atoms with Crippen molar-refractivity contribution in [1.82, 2.24) is 0 Å². The van der Waals surface area contributed by atoms with Gasteiger partial charge < -0.3 is 5.73 Å². The minimum absolute atomic E-state index is 0.594. The maximum Gasteiger partial charge on any atom is -0.00179 e. The second-order valence-electron chi connectivity index (χ2n) is 4.75. The molecule has 70 valence electrons. The molecule has 0 unspecified atom stereocenters. The average molecular weight is 167 g/mol. The first-order chi connectivity index (χ1) is 5.87. The van der Waals surface area contributed by atoms with Crippen LogP contribution < -0.4 is 5.73 Å². The van der Waals surface area contributed by atoms with Crippen LogP contribution >= 0.6 is 0 Å². The van der Waals surface area contributed by atoms with Crippen LogP contribution in [0.5, 0.6) is 0 Å². The summed E-state index contributed by atoms with van der Waals surface area (Å²) in [6.07, 6.45) is 11.6. The van der Waals surface area contributed by atoms with Gasteiger partial charge in [-0.25, -0.2) is 0 Å². The molecule has 0 aromatic heterocycles. The molecule has 0 heterocycles. The molecule has 2 fully saturated rings. The summed E-state index contributed by atoms with van der Waals surface area (Å²) in [6, 6.07) is 0.